The molecule has 82 valence electrons. The molecular formula is C13H13NO2. The van der Waals surface area contributed by atoms with Gasteiger partial charge in [0.1, 0.15) is 5.41 Å². The van der Waals surface area contributed by atoms with Crippen molar-refractivity contribution in [3.05, 3.63) is 59.9 Å². The van der Waals surface area contributed by atoms with Crippen LogP contribution in [-0.4, -0.2) is 16.1 Å². The van der Waals surface area contributed by atoms with Crippen LogP contribution in [0.15, 0.2) is 48.7 Å². The molecule has 2 aromatic rings. The molecule has 0 radical (unpaired) electrons. The fraction of sp³-hybridized carbons (Fsp3) is 0.154. The van der Waals surface area contributed by atoms with E-state index in [2.05, 4.69) is 4.98 Å². The molecule has 3 heteroatoms. The number of hydrogen-bond acceptors (Lipinski definition) is 1. The molecule has 0 bridgehead atoms. The van der Waals surface area contributed by atoms with E-state index in [4.69, 9.17) is 0 Å². The molecule has 0 saturated heterocycles. The van der Waals surface area contributed by atoms with Crippen LogP contribution in [0.25, 0.3) is 0 Å². The van der Waals surface area contributed by atoms with Crippen LogP contribution in [0, 0.1) is 0 Å². The van der Waals surface area contributed by atoms with Crippen molar-refractivity contribution in [2.24, 2.45) is 0 Å². The third-order valence-electron chi connectivity index (χ3n) is 2.92. The minimum atomic E-state index is -1.02. The number of aromatic nitrogens is 1. The topological polar surface area (TPSA) is 53.1 Å². The lowest BCUT2D eigenvalue weighted by Gasteiger charge is -2.24. The van der Waals surface area contributed by atoms with E-state index in [-0.39, 0.29) is 0 Å². The first-order chi connectivity index (χ1) is 7.65. The summed E-state index contributed by atoms with van der Waals surface area (Å²) in [6, 6.07) is 12.8. The van der Waals surface area contributed by atoms with E-state index < -0.39 is 11.4 Å². The maximum atomic E-state index is 11.5. The van der Waals surface area contributed by atoms with Crippen molar-refractivity contribution in [3.8, 4) is 0 Å². The highest BCUT2D eigenvalue weighted by atomic mass is 16.4. The summed E-state index contributed by atoms with van der Waals surface area (Å²) < 4.78 is 0. The van der Waals surface area contributed by atoms with E-state index >= 15 is 0 Å². The molecule has 0 aliphatic heterocycles. The molecule has 0 aliphatic rings. The Hall–Kier alpha value is -2.03. The second-order valence-electron chi connectivity index (χ2n) is 3.88. The third kappa shape index (κ3) is 1.50. The monoisotopic (exact) mass is 215 g/mol. The minimum absolute atomic E-state index is 0.686. The number of carboxylic acid groups (broad SMARTS) is 1. The van der Waals surface area contributed by atoms with Gasteiger partial charge in [0.15, 0.2) is 0 Å². The normalized spacial score (nSPS) is 14.3. The van der Waals surface area contributed by atoms with Crippen LogP contribution in [0.4, 0.5) is 0 Å². The van der Waals surface area contributed by atoms with Gasteiger partial charge in [-0.2, -0.15) is 0 Å². The summed E-state index contributed by atoms with van der Waals surface area (Å²) in [5, 5.41) is 9.44. The van der Waals surface area contributed by atoms with Crippen LogP contribution in [0.1, 0.15) is 18.2 Å². The number of carboxylic acids is 1. The molecule has 0 saturated carbocycles. The van der Waals surface area contributed by atoms with Gasteiger partial charge < -0.3 is 10.1 Å². The average molecular weight is 215 g/mol. The number of rotatable bonds is 3. The van der Waals surface area contributed by atoms with Gasteiger partial charge in [-0.05, 0) is 24.6 Å². The molecule has 1 heterocycles. The Morgan fingerprint density at radius 2 is 1.88 bits per heavy atom. The molecule has 2 rings (SSSR count). The van der Waals surface area contributed by atoms with Gasteiger partial charge in [0.2, 0.25) is 0 Å². The fourth-order valence-electron chi connectivity index (χ4n) is 1.81. The summed E-state index contributed by atoms with van der Waals surface area (Å²) in [6.07, 6.45) is 1.74. The molecule has 16 heavy (non-hydrogen) atoms. The molecule has 2 N–H and O–H groups in total. The first-order valence-corrected chi connectivity index (χ1v) is 5.08. The number of carbonyl (C=O) groups is 1. The Bertz CT molecular complexity index is 476. The van der Waals surface area contributed by atoms with Crippen LogP contribution < -0.4 is 0 Å². The first kappa shape index (κ1) is 10.5. The highest BCUT2D eigenvalue weighted by Crippen LogP contribution is 2.30. The first-order valence-electron chi connectivity index (χ1n) is 5.08. The van der Waals surface area contributed by atoms with Crippen molar-refractivity contribution < 1.29 is 9.90 Å². The van der Waals surface area contributed by atoms with Gasteiger partial charge in [-0.1, -0.05) is 30.3 Å². The molecule has 1 aromatic carbocycles. The van der Waals surface area contributed by atoms with Crippen LogP contribution in [-0.2, 0) is 10.2 Å². The maximum absolute atomic E-state index is 11.5. The predicted molar refractivity (Wildman–Crippen MR) is 61.3 cm³/mol. The molecule has 1 unspecified atom stereocenters. The van der Waals surface area contributed by atoms with Gasteiger partial charge >= 0.3 is 5.97 Å². The van der Waals surface area contributed by atoms with Crippen LogP contribution in [0.5, 0.6) is 0 Å². The molecular weight excluding hydrogens is 202 g/mol. The summed E-state index contributed by atoms with van der Waals surface area (Å²) in [5.74, 6) is -0.860. The van der Waals surface area contributed by atoms with Crippen molar-refractivity contribution in [2.45, 2.75) is 12.3 Å². The van der Waals surface area contributed by atoms with Gasteiger partial charge in [-0.15, -0.1) is 0 Å². The zero-order valence-electron chi connectivity index (χ0n) is 8.97. The van der Waals surface area contributed by atoms with Crippen molar-refractivity contribution in [1.29, 1.82) is 0 Å². The second-order valence-corrected chi connectivity index (χ2v) is 3.88. The van der Waals surface area contributed by atoms with Crippen molar-refractivity contribution in [1.82, 2.24) is 4.98 Å². The zero-order chi connectivity index (χ0) is 11.6. The van der Waals surface area contributed by atoms with E-state index in [1.165, 1.54) is 0 Å². The predicted octanol–water partition coefficient (Wildman–Crippen LogP) is 2.41. The lowest BCUT2D eigenvalue weighted by molar-refractivity contribution is -0.141. The van der Waals surface area contributed by atoms with E-state index in [1.54, 1.807) is 25.3 Å². The summed E-state index contributed by atoms with van der Waals surface area (Å²) in [5.41, 5.74) is 0.432. The van der Waals surface area contributed by atoms with Gasteiger partial charge in [0.25, 0.3) is 0 Å². The van der Waals surface area contributed by atoms with Crippen LogP contribution in [0.3, 0.4) is 0 Å². The van der Waals surface area contributed by atoms with Gasteiger partial charge in [-0.25, -0.2) is 0 Å². The second kappa shape index (κ2) is 3.85. The molecule has 0 amide bonds. The number of nitrogens with one attached hydrogen (secondary N) is 1. The Morgan fingerprint density at radius 1 is 1.19 bits per heavy atom. The van der Waals surface area contributed by atoms with E-state index in [9.17, 15) is 9.90 Å². The SMILES string of the molecule is CC(C(=O)O)(c1ccccc1)c1ccc[nH]1. The average Bonchev–Trinajstić information content (AvgIpc) is 2.82. The Labute approximate surface area is 93.7 Å². The summed E-state index contributed by atoms with van der Waals surface area (Å²) >= 11 is 0. The molecule has 1 aromatic heterocycles. The Morgan fingerprint density at radius 3 is 2.38 bits per heavy atom. The van der Waals surface area contributed by atoms with Gasteiger partial charge in [0, 0.05) is 11.9 Å². The number of hydrogen-bond donors (Lipinski definition) is 2. The van der Waals surface area contributed by atoms with Crippen molar-refractivity contribution >= 4 is 5.97 Å². The largest absolute Gasteiger partial charge is 0.480 e. The molecule has 0 fully saturated rings. The fourth-order valence-corrected chi connectivity index (χ4v) is 1.81. The smallest absolute Gasteiger partial charge is 0.319 e. The Balaban J connectivity index is 2.58. The van der Waals surface area contributed by atoms with E-state index in [0.717, 1.165) is 5.56 Å². The number of benzene rings is 1. The van der Waals surface area contributed by atoms with Crippen LogP contribution >= 0.6 is 0 Å². The Kier molecular flexibility index (Phi) is 2.52. The summed E-state index contributed by atoms with van der Waals surface area (Å²) in [4.78, 5) is 14.5. The third-order valence-corrected chi connectivity index (χ3v) is 2.92. The molecule has 1 atom stereocenters. The van der Waals surface area contributed by atoms with E-state index in [0.29, 0.717) is 5.69 Å². The quantitative estimate of drug-likeness (QED) is 0.826. The van der Waals surface area contributed by atoms with Crippen molar-refractivity contribution in [3.63, 3.8) is 0 Å². The maximum Gasteiger partial charge on any atom is 0.319 e. The van der Waals surface area contributed by atoms with E-state index in [1.807, 2.05) is 30.3 Å². The van der Waals surface area contributed by atoms with Gasteiger partial charge in [-0.3, -0.25) is 4.79 Å². The zero-order valence-corrected chi connectivity index (χ0v) is 8.97. The lowest BCUT2D eigenvalue weighted by atomic mass is 9.79. The molecule has 3 nitrogen and oxygen atoms in total. The van der Waals surface area contributed by atoms with Crippen molar-refractivity contribution in [2.75, 3.05) is 0 Å². The van der Waals surface area contributed by atoms with Crippen LogP contribution in [0.2, 0.25) is 0 Å². The number of aromatic amines is 1. The number of H-pyrrole nitrogens is 1. The molecule has 0 aliphatic carbocycles. The molecule has 0 spiro atoms. The lowest BCUT2D eigenvalue weighted by Crippen LogP contribution is -2.34. The summed E-state index contributed by atoms with van der Waals surface area (Å²) in [6.45, 7) is 1.70. The van der Waals surface area contributed by atoms with Gasteiger partial charge in [0.05, 0.1) is 0 Å². The highest BCUT2D eigenvalue weighted by molar-refractivity contribution is 5.84. The number of aliphatic carboxylic acids is 1. The minimum Gasteiger partial charge on any atom is -0.480 e. The highest BCUT2D eigenvalue weighted by Gasteiger charge is 2.37. The standard InChI is InChI=1S/C13H13NO2/c1-13(12(15)16,11-8-5-9-14-11)10-6-3-2-4-7-10/h2-9,14H,1H3,(H,15,16). The summed E-state index contributed by atoms with van der Waals surface area (Å²) in [7, 11) is 0.